The molecule has 1 atom stereocenters. The van der Waals surface area contributed by atoms with Crippen LogP contribution in [0.25, 0.3) is 0 Å². The second kappa shape index (κ2) is 4.48. The monoisotopic (exact) mass is 245 g/mol. The van der Waals surface area contributed by atoms with Gasteiger partial charge in [-0.1, -0.05) is 0 Å². The van der Waals surface area contributed by atoms with Crippen LogP contribution >= 0.6 is 0 Å². The molecule has 0 N–H and O–H groups in total. The summed E-state index contributed by atoms with van der Waals surface area (Å²) in [6.45, 7) is 0.419. The van der Waals surface area contributed by atoms with E-state index >= 15 is 0 Å². The third kappa shape index (κ3) is 3.78. The van der Waals surface area contributed by atoms with E-state index in [2.05, 4.69) is 4.84 Å². The molecule has 0 aliphatic carbocycles. The fraction of sp³-hybridized carbons (Fsp3) is 0.857. The van der Waals surface area contributed by atoms with Crippen molar-refractivity contribution < 1.29 is 27.0 Å². The molecule has 1 aliphatic rings. The van der Waals surface area contributed by atoms with Crippen molar-refractivity contribution in [3.05, 3.63) is 0 Å². The van der Waals surface area contributed by atoms with E-state index < -0.39 is 22.9 Å². The molecule has 0 aromatic carbocycles. The molecule has 1 aliphatic heterocycles. The van der Waals surface area contributed by atoms with Gasteiger partial charge < -0.3 is 4.84 Å². The fourth-order valence-corrected chi connectivity index (χ4v) is 2.08. The normalized spacial score (nSPS) is 20.8. The number of halogens is 3. The highest BCUT2D eigenvalue weighted by atomic mass is 32.2. The van der Waals surface area contributed by atoms with Crippen LogP contribution in [0.4, 0.5) is 13.2 Å². The second-order valence-electron chi connectivity index (χ2n) is 3.33. The van der Waals surface area contributed by atoms with Gasteiger partial charge in [-0.05, 0) is 0 Å². The van der Waals surface area contributed by atoms with Crippen LogP contribution in [0.1, 0.15) is 0 Å². The van der Waals surface area contributed by atoms with E-state index in [1.807, 2.05) is 0 Å². The van der Waals surface area contributed by atoms with Crippen molar-refractivity contribution in [2.45, 2.75) is 6.18 Å². The third-order valence-electron chi connectivity index (χ3n) is 1.84. The van der Waals surface area contributed by atoms with Crippen LogP contribution < -0.4 is 0 Å². The molecule has 0 aromatic rings. The van der Waals surface area contributed by atoms with Crippen molar-refractivity contribution >= 4 is 16.8 Å². The van der Waals surface area contributed by atoms with Gasteiger partial charge in [0.05, 0.1) is 0 Å². The van der Waals surface area contributed by atoms with E-state index in [0.717, 1.165) is 5.06 Å². The molecule has 1 heterocycles. The van der Waals surface area contributed by atoms with Crippen LogP contribution in [0.3, 0.4) is 0 Å². The first-order chi connectivity index (χ1) is 6.79. The number of alkyl halides is 3. The number of hydrogen-bond donors (Lipinski definition) is 0. The average molecular weight is 245 g/mol. The molecule has 15 heavy (non-hydrogen) atoms. The van der Waals surface area contributed by atoms with Crippen molar-refractivity contribution in [1.82, 2.24) is 5.06 Å². The van der Waals surface area contributed by atoms with Crippen LogP contribution in [0.15, 0.2) is 0 Å². The molecule has 0 saturated carbocycles. The Morgan fingerprint density at radius 3 is 2.47 bits per heavy atom. The standard InChI is InChI=1S/C7H10F3NO3S/c1-15(13)4-5-2-11(3-5)14-6(12)7(8,9)10/h5H,2-4H2,1H3. The van der Waals surface area contributed by atoms with Gasteiger partial charge in [0.1, 0.15) is 0 Å². The van der Waals surface area contributed by atoms with E-state index in [0.29, 0.717) is 5.75 Å². The highest BCUT2D eigenvalue weighted by molar-refractivity contribution is 7.84. The number of nitrogens with zero attached hydrogens (tertiary/aromatic N) is 1. The van der Waals surface area contributed by atoms with Gasteiger partial charge in [-0.15, -0.1) is 5.06 Å². The van der Waals surface area contributed by atoms with E-state index in [1.165, 1.54) is 6.26 Å². The minimum absolute atomic E-state index is 0.0388. The van der Waals surface area contributed by atoms with Crippen LogP contribution in [0, 0.1) is 5.92 Å². The predicted octanol–water partition coefficient (Wildman–Crippen LogP) is 0.317. The summed E-state index contributed by atoms with van der Waals surface area (Å²) >= 11 is 0. The Labute approximate surface area is 86.8 Å². The Morgan fingerprint density at radius 1 is 1.53 bits per heavy atom. The molecule has 1 rings (SSSR count). The lowest BCUT2D eigenvalue weighted by atomic mass is 10.1. The van der Waals surface area contributed by atoms with Crippen molar-refractivity contribution in [2.75, 3.05) is 25.1 Å². The summed E-state index contributed by atoms with van der Waals surface area (Å²) < 4.78 is 45.9. The number of carbonyl (C=O) groups excluding carboxylic acids is 1. The zero-order valence-corrected chi connectivity index (χ0v) is 8.73. The molecule has 4 nitrogen and oxygen atoms in total. The number of hydroxylamine groups is 2. The van der Waals surface area contributed by atoms with Crippen LogP contribution in [-0.4, -0.2) is 46.5 Å². The van der Waals surface area contributed by atoms with Crippen LogP contribution in [-0.2, 0) is 20.4 Å². The Hall–Kier alpha value is -0.630. The molecule has 0 aromatic heterocycles. The smallest absolute Gasteiger partial charge is 0.361 e. The molecule has 88 valence electrons. The molecule has 1 fully saturated rings. The predicted molar refractivity (Wildman–Crippen MR) is 46.1 cm³/mol. The molecule has 0 radical (unpaired) electrons. The number of hydrogen-bond acceptors (Lipinski definition) is 4. The lowest BCUT2D eigenvalue weighted by Crippen LogP contribution is -2.51. The first-order valence-electron chi connectivity index (χ1n) is 4.13. The summed E-state index contributed by atoms with van der Waals surface area (Å²) in [5.41, 5.74) is 0. The van der Waals surface area contributed by atoms with Crippen molar-refractivity contribution in [3.63, 3.8) is 0 Å². The zero-order valence-electron chi connectivity index (χ0n) is 7.91. The molecule has 0 spiro atoms. The first kappa shape index (κ1) is 12.4. The second-order valence-corrected chi connectivity index (χ2v) is 4.81. The van der Waals surface area contributed by atoms with Gasteiger partial charge in [0.2, 0.25) is 0 Å². The minimum Gasteiger partial charge on any atom is -0.361 e. The summed E-state index contributed by atoms with van der Waals surface area (Å²) in [4.78, 5) is 14.4. The Balaban J connectivity index is 2.23. The summed E-state index contributed by atoms with van der Waals surface area (Å²) in [5.74, 6) is -1.75. The molecular weight excluding hydrogens is 235 g/mol. The Bertz CT molecular complexity index is 275. The largest absolute Gasteiger partial charge is 0.492 e. The molecule has 0 amide bonds. The van der Waals surface area contributed by atoms with Gasteiger partial charge in [0, 0.05) is 41.8 Å². The third-order valence-corrected chi connectivity index (χ3v) is 2.78. The van der Waals surface area contributed by atoms with Crippen LogP contribution in [0.2, 0.25) is 0 Å². The van der Waals surface area contributed by atoms with E-state index in [1.54, 1.807) is 0 Å². The summed E-state index contributed by atoms with van der Waals surface area (Å²) in [6, 6.07) is 0. The lowest BCUT2D eigenvalue weighted by Gasteiger charge is -2.36. The Kier molecular flexibility index (Phi) is 3.72. The lowest BCUT2D eigenvalue weighted by molar-refractivity contribution is -0.257. The van der Waals surface area contributed by atoms with Crippen molar-refractivity contribution in [3.8, 4) is 0 Å². The van der Waals surface area contributed by atoms with Gasteiger partial charge in [-0.3, -0.25) is 4.21 Å². The number of rotatable bonds is 3. The summed E-state index contributed by atoms with van der Waals surface area (Å²) in [6.07, 6.45) is -3.44. The molecule has 8 heteroatoms. The van der Waals surface area contributed by atoms with Gasteiger partial charge in [0.25, 0.3) is 0 Å². The van der Waals surface area contributed by atoms with Gasteiger partial charge in [-0.25, -0.2) is 4.79 Å². The SMILES string of the molecule is CS(=O)CC1CN(OC(=O)C(F)(F)F)C1. The van der Waals surface area contributed by atoms with Crippen LogP contribution in [0.5, 0.6) is 0 Å². The van der Waals surface area contributed by atoms with Gasteiger partial charge in [-0.2, -0.15) is 13.2 Å². The van der Waals surface area contributed by atoms with E-state index in [-0.39, 0.29) is 19.0 Å². The molecular formula is C7H10F3NO3S. The highest BCUT2D eigenvalue weighted by Crippen LogP contribution is 2.22. The van der Waals surface area contributed by atoms with Crippen molar-refractivity contribution in [2.24, 2.45) is 5.92 Å². The summed E-state index contributed by atoms with van der Waals surface area (Å²) in [7, 11) is -0.978. The maximum atomic E-state index is 11.7. The fourth-order valence-electron chi connectivity index (χ4n) is 1.20. The topological polar surface area (TPSA) is 46.6 Å². The first-order valence-corrected chi connectivity index (χ1v) is 5.86. The maximum absolute atomic E-state index is 11.7. The summed E-state index contributed by atoms with van der Waals surface area (Å²) in [5, 5.41) is 0.924. The number of carbonyl (C=O) groups is 1. The molecule has 0 bridgehead atoms. The van der Waals surface area contributed by atoms with E-state index in [9.17, 15) is 22.2 Å². The van der Waals surface area contributed by atoms with Gasteiger partial charge in [0.15, 0.2) is 0 Å². The minimum atomic E-state index is -4.96. The molecule has 1 unspecified atom stereocenters. The highest BCUT2D eigenvalue weighted by Gasteiger charge is 2.44. The maximum Gasteiger partial charge on any atom is 0.492 e. The molecule has 1 saturated heterocycles. The quantitative estimate of drug-likeness (QED) is 0.718. The zero-order chi connectivity index (χ0) is 11.6. The van der Waals surface area contributed by atoms with Gasteiger partial charge >= 0.3 is 12.1 Å². The Morgan fingerprint density at radius 2 is 2.07 bits per heavy atom. The van der Waals surface area contributed by atoms with Crippen molar-refractivity contribution in [1.29, 1.82) is 0 Å². The van der Waals surface area contributed by atoms with E-state index in [4.69, 9.17) is 0 Å². The average Bonchev–Trinajstić information content (AvgIpc) is 1.97.